The fourth-order valence-corrected chi connectivity index (χ4v) is 4.94. The lowest BCUT2D eigenvalue weighted by Gasteiger charge is -2.31. The van der Waals surface area contributed by atoms with Gasteiger partial charge in [0.2, 0.25) is 11.8 Å². The van der Waals surface area contributed by atoms with Gasteiger partial charge in [-0.1, -0.05) is 71.7 Å². The molecule has 2 amide bonds. The van der Waals surface area contributed by atoms with Crippen LogP contribution in [-0.4, -0.2) is 35.1 Å². The summed E-state index contributed by atoms with van der Waals surface area (Å²) in [4.78, 5) is 28.2. The van der Waals surface area contributed by atoms with Gasteiger partial charge < -0.3 is 10.2 Å². The van der Waals surface area contributed by atoms with E-state index in [2.05, 4.69) is 5.32 Å². The first-order chi connectivity index (χ1) is 16.9. The third kappa shape index (κ3) is 8.27. The highest BCUT2D eigenvalue weighted by atomic mass is 35.5. The molecule has 0 bridgehead atoms. The molecule has 4 nitrogen and oxygen atoms in total. The predicted molar refractivity (Wildman–Crippen MR) is 142 cm³/mol. The molecule has 1 unspecified atom stereocenters. The first-order valence-corrected chi connectivity index (χ1v) is 13.2. The Balaban J connectivity index is 1.85. The SMILES string of the molecule is CCNC(=O)C(Cc1ccccc1)N(Cc1ccc(Cl)cc1Cl)C(=O)CSCc1ccc(F)cc1. The van der Waals surface area contributed by atoms with E-state index in [1.807, 2.05) is 37.3 Å². The maximum absolute atomic E-state index is 13.5. The van der Waals surface area contributed by atoms with Crippen LogP contribution in [0.1, 0.15) is 23.6 Å². The van der Waals surface area contributed by atoms with Gasteiger partial charge in [-0.3, -0.25) is 9.59 Å². The normalized spacial score (nSPS) is 11.7. The highest BCUT2D eigenvalue weighted by Gasteiger charge is 2.30. The van der Waals surface area contributed by atoms with Crippen molar-refractivity contribution in [3.63, 3.8) is 0 Å². The van der Waals surface area contributed by atoms with Crippen LogP contribution in [0.4, 0.5) is 4.39 Å². The molecule has 0 aliphatic heterocycles. The summed E-state index contributed by atoms with van der Waals surface area (Å²) in [5, 5.41) is 3.80. The van der Waals surface area contributed by atoms with Crippen molar-refractivity contribution in [3.8, 4) is 0 Å². The largest absolute Gasteiger partial charge is 0.355 e. The zero-order chi connectivity index (χ0) is 25.2. The number of likely N-dealkylation sites (N-methyl/N-ethyl adjacent to an activating group) is 1. The van der Waals surface area contributed by atoms with E-state index in [4.69, 9.17) is 23.2 Å². The molecule has 1 atom stereocenters. The number of nitrogens with one attached hydrogen (secondary N) is 1. The topological polar surface area (TPSA) is 49.4 Å². The van der Waals surface area contributed by atoms with Crippen molar-refractivity contribution < 1.29 is 14.0 Å². The fourth-order valence-electron chi connectivity index (χ4n) is 3.60. The van der Waals surface area contributed by atoms with E-state index in [0.717, 1.165) is 11.1 Å². The average molecular weight is 533 g/mol. The summed E-state index contributed by atoms with van der Waals surface area (Å²) in [5.74, 6) is -0.000487. The Morgan fingerprint density at radius 3 is 2.37 bits per heavy atom. The van der Waals surface area contributed by atoms with Gasteiger partial charge in [-0.15, -0.1) is 11.8 Å². The highest BCUT2D eigenvalue weighted by Crippen LogP contribution is 2.25. The molecule has 35 heavy (non-hydrogen) atoms. The van der Waals surface area contributed by atoms with Crippen LogP contribution in [-0.2, 0) is 28.3 Å². The van der Waals surface area contributed by atoms with E-state index in [9.17, 15) is 14.0 Å². The van der Waals surface area contributed by atoms with E-state index in [0.29, 0.717) is 34.3 Å². The molecule has 0 saturated carbocycles. The lowest BCUT2D eigenvalue weighted by atomic mass is 10.0. The van der Waals surface area contributed by atoms with Crippen LogP contribution < -0.4 is 5.32 Å². The molecule has 3 aromatic carbocycles. The number of hydrogen-bond donors (Lipinski definition) is 1. The predicted octanol–water partition coefficient (Wildman–Crippen LogP) is 6.14. The minimum atomic E-state index is -0.719. The molecule has 3 aromatic rings. The van der Waals surface area contributed by atoms with Crippen LogP contribution in [0.25, 0.3) is 0 Å². The number of benzene rings is 3. The van der Waals surface area contributed by atoms with Gasteiger partial charge in [-0.25, -0.2) is 4.39 Å². The molecule has 0 fully saturated rings. The zero-order valence-corrected chi connectivity index (χ0v) is 21.7. The van der Waals surface area contributed by atoms with Gasteiger partial charge >= 0.3 is 0 Å². The summed E-state index contributed by atoms with van der Waals surface area (Å²) >= 11 is 13.9. The summed E-state index contributed by atoms with van der Waals surface area (Å²) in [7, 11) is 0. The molecule has 1 N–H and O–H groups in total. The van der Waals surface area contributed by atoms with E-state index in [1.54, 1.807) is 35.2 Å². The fraction of sp³-hybridized carbons (Fsp3) is 0.259. The van der Waals surface area contributed by atoms with Crippen molar-refractivity contribution >= 4 is 46.8 Å². The molecule has 0 aromatic heterocycles. The van der Waals surface area contributed by atoms with E-state index in [-0.39, 0.29) is 29.9 Å². The summed E-state index contributed by atoms with van der Waals surface area (Å²) in [6.07, 6.45) is 0.367. The van der Waals surface area contributed by atoms with E-state index < -0.39 is 6.04 Å². The van der Waals surface area contributed by atoms with Gasteiger partial charge in [-0.05, 0) is 47.9 Å². The van der Waals surface area contributed by atoms with Crippen LogP contribution in [0.15, 0.2) is 72.8 Å². The molecule has 0 aliphatic carbocycles. The highest BCUT2D eigenvalue weighted by molar-refractivity contribution is 7.99. The van der Waals surface area contributed by atoms with Crippen molar-refractivity contribution in [1.82, 2.24) is 10.2 Å². The summed E-state index contributed by atoms with van der Waals surface area (Å²) in [6.45, 7) is 2.46. The first-order valence-electron chi connectivity index (χ1n) is 11.2. The molecule has 8 heteroatoms. The van der Waals surface area contributed by atoms with E-state index >= 15 is 0 Å². The Labute approximate surface area is 219 Å². The zero-order valence-electron chi connectivity index (χ0n) is 19.3. The molecule has 3 rings (SSSR count). The Bertz CT molecular complexity index is 1130. The van der Waals surface area contributed by atoms with Crippen molar-refractivity contribution in [3.05, 3.63) is 105 Å². The van der Waals surface area contributed by atoms with Crippen LogP contribution >= 0.6 is 35.0 Å². The lowest BCUT2D eigenvalue weighted by Crippen LogP contribution is -2.51. The Hall–Kier alpha value is -2.54. The summed E-state index contributed by atoms with van der Waals surface area (Å²) in [6, 6.07) is 20.2. The first kappa shape index (κ1) is 27.1. The minimum Gasteiger partial charge on any atom is -0.355 e. The smallest absolute Gasteiger partial charge is 0.243 e. The van der Waals surface area contributed by atoms with Crippen molar-refractivity contribution in [2.75, 3.05) is 12.3 Å². The number of hydrogen-bond acceptors (Lipinski definition) is 3. The third-order valence-corrected chi connectivity index (χ3v) is 6.96. The summed E-state index contributed by atoms with van der Waals surface area (Å²) in [5.41, 5.74) is 2.57. The quantitative estimate of drug-likeness (QED) is 0.322. The molecule has 0 saturated heterocycles. The van der Waals surface area contributed by atoms with E-state index in [1.165, 1.54) is 23.9 Å². The maximum Gasteiger partial charge on any atom is 0.243 e. The number of amides is 2. The second kappa shape index (κ2) is 13.5. The number of nitrogens with zero attached hydrogens (tertiary/aromatic N) is 1. The van der Waals surface area contributed by atoms with Gasteiger partial charge in [0.25, 0.3) is 0 Å². The van der Waals surface area contributed by atoms with Crippen LogP contribution in [0, 0.1) is 5.82 Å². The second-order valence-electron chi connectivity index (χ2n) is 7.98. The molecular formula is C27H27Cl2FN2O2S. The number of halogens is 3. The Kier molecular flexibility index (Phi) is 10.5. The second-order valence-corrected chi connectivity index (χ2v) is 9.81. The van der Waals surface area contributed by atoms with Crippen LogP contribution in [0.2, 0.25) is 10.0 Å². The third-order valence-electron chi connectivity index (χ3n) is 5.39. The maximum atomic E-state index is 13.5. The van der Waals surface area contributed by atoms with Crippen molar-refractivity contribution in [2.45, 2.75) is 31.7 Å². The van der Waals surface area contributed by atoms with Gasteiger partial charge in [0.05, 0.1) is 5.75 Å². The van der Waals surface area contributed by atoms with Gasteiger partial charge in [0, 0.05) is 35.3 Å². The van der Waals surface area contributed by atoms with Crippen molar-refractivity contribution in [1.29, 1.82) is 0 Å². The van der Waals surface area contributed by atoms with Gasteiger partial charge in [0.1, 0.15) is 11.9 Å². The Morgan fingerprint density at radius 1 is 1.00 bits per heavy atom. The number of carbonyl (C=O) groups excluding carboxylic acids is 2. The molecule has 0 spiro atoms. The molecule has 184 valence electrons. The van der Waals surface area contributed by atoms with Gasteiger partial charge in [-0.2, -0.15) is 0 Å². The standard InChI is InChI=1S/C27H27Cl2FN2O2S/c1-2-31-27(34)25(14-19-6-4-3-5-7-19)32(16-21-10-11-22(28)15-24(21)29)26(33)18-35-17-20-8-12-23(30)13-9-20/h3-13,15,25H,2,14,16-18H2,1H3,(H,31,34). The molecule has 0 radical (unpaired) electrons. The van der Waals surface area contributed by atoms with Crippen LogP contribution in [0.5, 0.6) is 0 Å². The number of thioether (sulfide) groups is 1. The molecule has 0 aliphatic rings. The van der Waals surface area contributed by atoms with Gasteiger partial charge in [0.15, 0.2) is 0 Å². The number of carbonyl (C=O) groups is 2. The lowest BCUT2D eigenvalue weighted by molar-refractivity contribution is -0.139. The molecule has 0 heterocycles. The monoisotopic (exact) mass is 532 g/mol. The molecular weight excluding hydrogens is 506 g/mol. The van der Waals surface area contributed by atoms with Crippen molar-refractivity contribution in [2.24, 2.45) is 0 Å². The Morgan fingerprint density at radius 2 is 1.71 bits per heavy atom. The summed E-state index contributed by atoms with van der Waals surface area (Å²) < 4.78 is 13.2. The average Bonchev–Trinajstić information content (AvgIpc) is 2.84. The van der Waals surface area contributed by atoms with Crippen LogP contribution in [0.3, 0.4) is 0 Å². The minimum absolute atomic E-state index is 0.160. The number of rotatable bonds is 11.